The maximum absolute atomic E-state index is 12.1. The van der Waals surface area contributed by atoms with E-state index in [4.69, 9.17) is 11.6 Å². The number of H-pyrrole nitrogens is 1. The molecule has 0 saturated heterocycles. The van der Waals surface area contributed by atoms with Gasteiger partial charge >= 0.3 is 0 Å². The fraction of sp³-hybridized carbons (Fsp3) is 0.0526. The SMILES string of the molecule is O=C(NCc1cn(-c2ccc(-c3cc(O)c[nH]c3=O)cc2)nn1)c1ccc(Cl)s1. The lowest BCUT2D eigenvalue weighted by Crippen LogP contribution is -2.21. The van der Waals surface area contributed by atoms with Gasteiger partial charge in [-0.15, -0.1) is 16.4 Å². The van der Waals surface area contributed by atoms with Crippen molar-refractivity contribution in [3.8, 4) is 22.6 Å². The van der Waals surface area contributed by atoms with Crippen molar-refractivity contribution in [2.75, 3.05) is 0 Å². The van der Waals surface area contributed by atoms with Crippen LogP contribution < -0.4 is 10.9 Å². The minimum Gasteiger partial charge on any atom is -0.506 e. The van der Waals surface area contributed by atoms with Gasteiger partial charge in [0.15, 0.2) is 0 Å². The third kappa shape index (κ3) is 4.20. The molecule has 0 spiro atoms. The molecule has 29 heavy (non-hydrogen) atoms. The van der Waals surface area contributed by atoms with Gasteiger partial charge in [-0.3, -0.25) is 9.59 Å². The molecular formula is C19H14ClN5O3S. The number of hydrogen-bond donors (Lipinski definition) is 3. The van der Waals surface area contributed by atoms with Crippen LogP contribution in [0.1, 0.15) is 15.4 Å². The molecule has 0 aliphatic rings. The van der Waals surface area contributed by atoms with E-state index in [1.54, 1.807) is 47.3 Å². The summed E-state index contributed by atoms with van der Waals surface area (Å²) in [6, 6.07) is 11.8. The first-order valence-electron chi connectivity index (χ1n) is 8.47. The van der Waals surface area contributed by atoms with E-state index in [9.17, 15) is 14.7 Å². The first-order chi connectivity index (χ1) is 14.0. The number of nitrogens with one attached hydrogen (secondary N) is 2. The highest BCUT2D eigenvalue weighted by Crippen LogP contribution is 2.22. The predicted octanol–water partition coefficient (Wildman–Crippen LogP) is 2.97. The topological polar surface area (TPSA) is 113 Å². The molecule has 146 valence electrons. The van der Waals surface area contributed by atoms with Crippen LogP contribution in [-0.2, 0) is 6.54 Å². The number of nitrogens with zero attached hydrogens (tertiary/aromatic N) is 3. The highest BCUT2D eigenvalue weighted by molar-refractivity contribution is 7.17. The van der Waals surface area contributed by atoms with Gasteiger partial charge in [-0.05, 0) is 35.9 Å². The second-order valence-electron chi connectivity index (χ2n) is 6.09. The molecule has 0 bridgehead atoms. The van der Waals surface area contributed by atoms with Crippen LogP contribution >= 0.6 is 22.9 Å². The summed E-state index contributed by atoms with van der Waals surface area (Å²) < 4.78 is 2.12. The number of thiophene rings is 1. The molecule has 0 aliphatic carbocycles. The maximum atomic E-state index is 12.1. The fourth-order valence-corrected chi connectivity index (χ4v) is 3.64. The Labute approximate surface area is 173 Å². The average molecular weight is 428 g/mol. The predicted molar refractivity (Wildman–Crippen MR) is 110 cm³/mol. The summed E-state index contributed by atoms with van der Waals surface area (Å²) in [6.07, 6.45) is 2.95. The van der Waals surface area contributed by atoms with Crippen molar-refractivity contribution in [2.24, 2.45) is 0 Å². The summed E-state index contributed by atoms with van der Waals surface area (Å²) in [4.78, 5) is 27.0. The van der Waals surface area contributed by atoms with Crippen molar-refractivity contribution < 1.29 is 9.90 Å². The number of aromatic nitrogens is 4. The zero-order valence-corrected chi connectivity index (χ0v) is 16.4. The normalized spacial score (nSPS) is 10.8. The summed E-state index contributed by atoms with van der Waals surface area (Å²) in [5.74, 6) is -0.242. The van der Waals surface area contributed by atoms with Crippen molar-refractivity contribution in [2.45, 2.75) is 6.54 Å². The number of pyridine rings is 1. The van der Waals surface area contributed by atoms with E-state index in [-0.39, 0.29) is 23.8 Å². The summed E-state index contributed by atoms with van der Waals surface area (Å²) in [5, 5.41) is 20.5. The molecule has 3 N–H and O–H groups in total. The zero-order valence-electron chi connectivity index (χ0n) is 14.8. The second-order valence-corrected chi connectivity index (χ2v) is 7.80. The highest BCUT2D eigenvalue weighted by Gasteiger charge is 2.10. The summed E-state index contributed by atoms with van der Waals surface area (Å²) in [6.45, 7) is 0.227. The Morgan fingerprint density at radius 2 is 2.03 bits per heavy atom. The molecule has 3 heterocycles. The van der Waals surface area contributed by atoms with Crippen molar-refractivity contribution in [3.05, 3.63) is 80.1 Å². The van der Waals surface area contributed by atoms with Crippen LogP contribution in [0.15, 0.2) is 59.7 Å². The molecule has 0 saturated carbocycles. The van der Waals surface area contributed by atoms with Gasteiger partial charge in [0, 0.05) is 6.20 Å². The maximum Gasteiger partial charge on any atom is 0.261 e. The molecule has 0 radical (unpaired) electrons. The molecule has 0 fully saturated rings. The van der Waals surface area contributed by atoms with Crippen LogP contribution in [-0.4, -0.2) is 31.0 Å². The van der Waals surface area contributed by atoms with Crippen LogP contribution in [0.2, 0.25) is 4.34 Å². The molecule has 10 heteroatoms. The first kappa shape index (κ1) is 18.9. The largest absolute Gasteiger partial charge is 0.506 e. The third-order valence-corrected chi connectivity index (χ3v) is 5.33. The van der Waals surface area contributed by atoms with Crippen LogP contribution in [0.5, 0.6) is 5.75 Å². The minimum absolute atomic E-state index is 0.0172. The lowest BCUT2D eigenvalue weighted by atomic mass is 10.1. The highest BCUT2D eigenvalue weighted by atomic mass is 35.5. The van der Waals surface area contributed by atoms with E-state index in [1.165, 1.54) is 23.6 Å². The Morgan fingerprint density at radius 3 is 2.76 bits per heavy atom. The van der Waals surface area contributed by atoms with Gasteiger partial charge in [-0.2, -0.15) is 0 Å². The molecule has 0 atom stereocenters. The van der Waals surface area contributed by atoms with Gasteiger partial charge in [0.2, 0.25) is 0 Å². The molecule has 3 aromatic heterocycles. The number of aromatic hydroxyl groups is 1. The van der Waals surface area contributed by atoms with Crippen LogP contribution in [0, 0.1) is 0 Å². The molecule has 1 amide bonds. The Balaban J connectivity index is 1.46. The van der Waals surface area contributed by atoms with Gasteiger partial charge in [0.05, 0.1) is 33.2 Å². The van der Waals surface area contributed by atoms with Gasteiger partial charge in [-0.1, -0.05) is 28.9 Å². The van der Waals surface area contributed by atoms with Crippen LogP contribution in [0.3, 0.4) is 0 Å². The number of carbonyl (C=O) groups excluding carboxylic acids is 1. The quantitative estimate of drug-likeness (QED) is 0.453. The molecule has 8 nitrogen and oxygen atoms in total. The monoisotopic (exact) mass is 427 g/mol. The number of amides is 1. The standard InChI is InChI=1S/C19H14ClN5O3S/c20-17-6-5-16(29-17)19(28)21-8-12-10-25(24-23-12)13-3-1-11(2-4-13)15-7-14(26)9-22-18(15)27/h1-7,9-10,26H,8H2,(H,21,28)(H,22,27). The second kappa shape index (κ2) is 7.90. The van der Waals surface area contributed by atoms with Gasteiger partial charge in [0.1, 0.15) is 11.4 Å². The Kier molecular flexibility index (Phi) is 5.15. The number of halogens is 1. The number of hydrogen-bond acceptors (Lipinski definition) is 6. The van der Waals surface area contributed by atoms with Crippen LogP contribution in [0.4, 0.5) is 0 Å². The summed E-state index contributed by atoms with van der Waals surface area (Å²) >= 11 is 7.05. The van der Waals surface area contributed by atoms with Crippen molar-refractivity contribution in [1.29, 1.82) is 0 Å². The Morgan fingerprint density at radius 1 is 1.24 bits per heavy atom. The van der Waals surface area contributed by atoms with E-state index >= 15 is 0 Å². The number of rotatable bonds is 5. The number of carbonyl (C=O) groups is 1. The zero-order chi connectivity index (χ0) is 20.4. The number of benzene rings is 1. The molecule has 4 aromatic rings. The average Bonchev–Trinajstić information content (AvgIpc) is 3.37. The van der Waals surface area contributed by atoms with E-state index < -0.39 is 0 Å². The van der Waals surface area contributed by atoms with Gasteiger partial charge in [0.25, 0.3) is 11.5 Å². The van der Waals surface area contributed by atoms with Crippen LogP contribution in [0.25, 0.3) is 16.8 Å². The van der Waals surface area contributed by atoms with E-state index in [0.717, 1.165) is 5.69 Å². The fourth-order valence-electron chi connectivity index (χ4n) is 2.68. The molecular weight excluding hydrogens is 414 g/mol. The molecule has 0 aliphatic heterocycles. The molecule has 4 rings (SSSR count). The first-order valence-corrected chi connectivity index (χ1v) is 9.66. The Bertz CT molecular complexity index is 1230. The molecule has 0 unspecified atom stereocenters. The van der Waals surface area contributed by atoms with Gasteiger partial charge in [-0.25, -0.2) is 4.68 Å². The van der Waals surface area contributed by atoms with E-state index in [2.05, 4.69) is 20.6 Å². The smallest absolute Gasteiger partial charge is 0.261 e. The van der Waals surface area contributed by atoms with Crippen molar-refractivity contribution in [3.63, 3.8) is 0 Å². The number of aromatic amines is 1. The minimum atomic E-state index is -0.290. The van der Waals surface area contributed by atoms with Crippen molar-refractivity contribution >= 4 is 28.8 Å². The third-order valence-electron chi connectivity index (χ3n) is 4.10. The lowest BCUT2D eigenvalue weighted by molar-refractivity contribution is 0.0954. The summed E-state index contributed by atoms with van der Waals surface area (Å²) in [7, 11) is 0. The summed E-state index contributed by atoms with van der Waals surface area (Å²) in [5.41, 5.74) is 2.07. The Hall–Kier alpha value is -3.43. The van der Waals surface area contributed by atoms with Gasteiger partial charge < -0.3 is 15.4 Å². The molecule has 1 aromatic carbocycles. The van der Waals surface area contributed by atoms with E-state index in [0.29, 0.717) is 26.0 Å². The van der Waals surface area contributed by atoms with Crippen molar-refractivity contribution in [1.82, 2.24) is 25.3 Å². The van der Waals surface area contributed by atoms with E-state index in [1.807, 2.05) is 0 Å². The lowest BCUT2D eigenvalue weighted by Gasteiger charge is -2.04.